The first-order chi connectivity index (χ1) is 11.7. The van der Waals surface area contributed by atoms with E-state index in [2.05, 4.69) is 15.3 Å². The van der Waals surface area contributed by atoms with Crippen LogP contribution in [0, 0.1) is 5.92 Å². The quantitative estimate of drug-likeness (QED) is 0.764. The summed E-state index contributed by atoms with van der Waals surface area (Å²) in [6.45, 7) is 2.40. The Kier molecular flexibility index (Phi) is 5.20. The summed E-state index contributed by atoms with van der Waals surface area (Å²) in [4.78, 5) is 34.1. The van der Waals surface area contributed by atoms with E-state index in [1.54, 1.807) is 29.8 Å². The zero-order valence-electron chi connectivity index (χ0n) is 13.5. The minimum absolute atomic E-state index is 0.0254. The second-order valence-electron chi connectivity index (χ2n) is 5.98. The largest absolute Gasteiger partial charge is 0.356 e. The van der Waals surface area contributed by atoms with Crippen LogP contribution in [0.2, 0.25) is 0 Å². The second kappa shape index (κ2) is 7.72. The number of amides is 2. The number of rotatable bonds is 7. The summed E-state index contributed by atoms with van der Waals surface area (Å²) in [7, 11) is 0. The molecule has 1 atom stereocenters. The van der Waals surface area contributed by atoms with Gasteiger partial charge in [0.2, 0.25) is 11.8 Å². The van der Waals surface area contributed by atoms with Gasteiger partial charge in [0.15, 0.2) is 0 Å². The maximum Gasteiger partial charge on any atom is 0.225 e. The molecule has 0 radical (unpaired) electrons. The molecular formula is C17H21N5O2. The number of aromatic nitrogens is 3. The van der Waals surface area contributed by atoms with Crippen LogP contribution >= 0.6 is 0 Å². The molecule has 7 nitrogen and oxygen atoms in total. The molecule has 1 unspecified atom stereocenters. The highest BCUT2D eigenvalue weighted by Crippen LogP contribution is 2.20. The topological polar surface area (TPSA) is 80.1 Å². The molecule has 7 heteroatoms. The van der Waals surface area contributed by atoms with Gasteiger partial charge >= 0.3 is 0 Å². The molecule has 2 aromatic heterocycles. The van der Waals surface area contributed by atoms with Crippen molar-refractivity contribution in [3.8, 4) is 0 Å². The molecular weight excluding hydrogens is 306 g/mol. The number of carbonyl (C=O) groups excluding carboxylic acids is 2. The Labute approximate surface area is 140 Å². The number of likely N-dealkylation sites (tertiary alicyclic amines) is 1. The predicted octanol–water partition coefficient (Wildman–Crippen LogP) is 0.833. The lowest BCUT2D eigenvalue weighted by Crippen LogP contribution is -2.33. The van der Waals surface area contributed by atoms with Gasteiger partial charge in [0.1, 0.15) is 0 Å². The number of nitrogens with one attached hydrogen (secondary N) is 1. The summed E-state index contributed by atoms with van der Waals surface area (Å²) in [6.07, 6.45) is 9.96. The number of nitrogens with zero attached hydrogens (tertiary/aromatic N) is 4. The van der Waals surface area contributed by atoms with Crippen molar-refractivity contribution < 1.29 is 9.59 Å². The third-order valence-electron chi connectivity index (χ3n) is 4.13. The first-order valence-corrected chi connectivity index (χ1v) is 8.12. The second-order valence-corrected chi connectivity index (χ2v) is 5.98. The Morgan fingerprint density at radius 1 is 1.33 bits per heavy atom. The lowest BCUT2D eigenvalue weighted by Gasteiger charge is -2.16. The van der Waals surface area contributed by atoms with Crippen LogP contribution in [0.15, 0.2) is 43.2 Å². The molecule has 1 aliphatic heterocycles. The monoisotopic (exact) mass is 327 g/mol. The number of hydrogen-bond donors (Lipinski definition) is 1. The van der Waals surface area contributed by atoms with Gasteiger partial charge in [0.25, 0.3) is 0 Å². The van der Waals surface area contributed by atoms with Crippen LogP contribution < -0.4 is 5.32 Å². The van der Waals surface area contributed by atoms with E-state index in [0.717, 1.165) is 18.5 Å². The van der Waals surface area contributed by atoms with Crippen molar-refractivity contribution in [2.45, 2.75) is 25.9 Å². The Morgan fingerprint density at radius 2 is 2.25 bits per heavy atom. The molecule has 0 spiro atoms. The molecule has 1 fully saturated rings. The summed E-state index contributed by atoms with van der Waals surface area (Å²) < 4.78 is 1.97. The summed E-state index contributed by atoms with van der Waals surface area (Å²) >= 11 is 0. The highest BCUT2D eigenvalue weighted by Gasteiger charge is 2.33. The van der Waals surface area contributed by atoms with Crippen molar-refractivity contribution in [2.75, 3.05) is 13.1 Å². The lowest BCUT2D eigenvalue weighted by molar-refractivity contribution is -0.129. The number of imidazole rings is 1. The van der Waals surface area contributed by atoms with Crippen LogP contribution in [-0.2, 0) is 22.7 Å². The van der Waals surface area contributed by atoms with Gasteiger partial charge in [-0.2, -0.15) is 0 Å². The molecule has 2 aromatic rings. The molecule has 24 heavy (non-hydrogen) atoms. The molecule has 0 bridgehead atoms. The normalized spacial score (nSPS) is 17.2. The number of pyridine rings is 1. The average Bonchev–Trinajstić information content (AvgIpc) is 3.23. The third-order valence-corrected chi connectivity index (χ3v) is 4.13. The maximum atomic E-state index is 12.2. The van der Waals surface area contributed by atoms with Crippen molar-refractivity contribution >= 4 is 11.8 Å². The smallest absolute Gasteiger partial charge is 0.225 e. The summed E-state index contributed by atoms with van der Waals surface area (Å²) in [6, 6.07) is 3.78. The van der Waals surface area contributed by atoms with E-state index in [0.29, 0.717) is 19.6 Å². The first-order valence-electron chi connectivity index (χ1n) is 8.12. The molecule has 3 rings (SSSR count). The molecule has 2 amide bonds. The molecule has 1 N–H and O–H groups in total. The van der Waals surface area contributed by atoms with Gasteiger partial charge in [0, 0.05) is 57.4 Å². The maximum absolute atomic E-state index is 12.2. The molecule has 1 aliphatic rings. The number of carbonyl (C=O) groups is 2. The van der Waals surface area contributed by atoms with Gasteiger partial charge < -0.3 is 14.8 Å². The molecule has 0 saturated carbocycles. The highest BCUT2D eigenvalue weighted by molar-refractivity contribution is 5.89. The first kappa shape index (κ1) is 16.2. The Bertz CT molecular complexity index is 672. The van der Waals surface area contributed by atoms with Gasteiger partial charge in [-0.1, -0.05) is 6.07 Å². The van der Waals surface area contributed by atoms with E-state index in [4.69, 9.17) is 0 Å². The van der Waals surface area contributed by atoms with Crippen molar-refractivity contribution in [3.05, 3.63) is 48.8 Å². The zero-order chi connectivity index (χ0) is 16.8. The van der Waals surface area contributed by atoms with E-state index in [-0.39, 0.29) is 24.2 Å². The van der Waals surface area contributed by atoms with Crippen LogP contribution in [0.5, 0.6) is 0 Å². The van der Waals surface area contributed by atoms with Crippen LogP contribution in [0.3, 0.4) is 0 Å². The molecule has 126 valence electrons. The van der Waals surface area contributed by atoms with Crippen molar-refractivity contribution in [1.29, 1.82) is 0 Å². The Morgan fingerprint density at radius 3 is 3.00 bits per heavy atom. The molecule has 1 saturated heterocycles. The standard InChI is InChI=1S/C17H21N5O2/c23-16-9-15(12-22(16)11-14-3-1-4-18-10-14)17(24)20-5-2-7-21-8-6-19-13-21/h1,3-4,6,8,10,13,15H,2,5,7,9,11-12H2,(H,20,24). The van der Waals surface area contributed by atoms with Gasteiger partial charge in [-0.05, 0) is 18.1 Å². The van der Waals surface area contributed by atoms with E-state index < -0.39 is 0 Å². The average molecular weight is 327 g/mol. The Hall–Kier alpha value is -2.70. The van der Waals surface area contributed by atoms with Crippen LogP contribution in [-0.4, -0.2) is 44.3 Å². The van der Waals surface area contributed by atoms with E-state index in [1.807, 2.05) is 22.9 Å². The van der Waals surface area contributed by atoms with Gasteiger partial charge in [-0.25, -0.2) is 4.98 Å². The van der Waals surface area contributed by atoms with Crippen LogP contribution in [0.25, 0.3) is 0 Å². The fraction of sp³-hybridized carbons (Fsp3) is 0.412. The van der Waals surface area contributed by atoms with E-state index in [1.165, 1.54) is 0 Å². The molecule has 0 aromatic carbocycles. The summed E-state index contributed by atoms with van der Waals surface area (Å²) in [5, 5.41) is 2.93. The fourth-order valence-electron chi connectivity index (χ4n) is 2.85. The number of aryl methyl sites for hydroxylation is 1. The highest BCUT2D eigenvalue weighted by atomic mass is 16.2. The fourth-order valence-corrected chi connectivity index (χ4v) is 2.85. The van der Waals surface area contributed by atoms with Crippen LogP contribution in [0.1, 0.15) is 18.4 Å². The van der Waals surface area contributed by atoms with Gasteiger partial charge in [0.05, 0.1) is 12.2 Å². The predicted molar refractivity (Wildman–Crippen MR) is 87.6 cm³/mol. The van der Waals surface area contributed by atoms with E-state index >= 15 is 0 Å². The molecule has 3 heterocycles. The zero-order valence-corrected chi connectivity index (χ0v) is 13.5. The minimum atomic E-state index is -0.262. The minimum Gasteiger partial charge on any atom is -0.356 e. The summed E-state index contributed by atoms with van der Waals surface area (Å²) in [5.41, 5.74) is 0.979. The van der Waals surface area contributed by atoms with Gasteiger partial charge in [-0.3, -0.25) is 14.6 Å². The van der Waals surface area contributed by atoms with E-state index in [9.17, 15) is 9.59 Å². The van der Waals surface area contributed by atoms with Gasteiger partial charge in [-0.15, -0.1) is 0 Å². The molecule has 0 aliphatic carbocycles. The Balaban J connectivity index is 1.42. The SMILES string of the molecule is O=C(NCCCn1ccnc1)C1CC(=O)N(Cc2cccnc2)C1. The van der Waals surface area contributed by atoms with Crippen molar-refractivity contribution in [1.82, 2.24) is 24.8 Å². The van der Waals surface area contributed by atoms with Crippen molar-refractivity contribution in [2.24, 2.45) is 5.92 Å². The number of hydrogen-bond acceptors (Lipinski definition) is 4. The summed E-state index contributed by atoms with van der Waals surface area (Å²) in [5.74, 6) is -0.275. The lowest BCUT2D eigenvalue weighted by atomic mass is 10.1. The third kappa shape index (κ3) is 4.18. The van der Waals surface area contributed by atoms with Crippen LogP contribution in [0.4, 0.5) is 0 Å². The van der Waals surface area contributed by atoms with Crippen molar-refractivity contribution in [3.63, 3.8) is 0 Å².